The van der Waals surface area contributed by atoms with Crippen molar-refractivity contribution in [2.75, 3.05) is 11.9 Å². The second-order valence-electron chi connectivity index (χ2n) is 15.6. The summed E-state index contributed by atoms with van der Waals surface area (Å²) in [5.41, 5.74) is 5.17. The van der Waals surface area contributed by atoms with Crippen molar-refractivity contribution < 1.29 is 23.5 Å². The molecule has 2 aliphatic carbocycles. The van der Waals surface area contributed by atoms with E-state index in [1.54, 1.807) is 0 Å². The molecule has 2 heterocycles. The lowest BCUT2D eigenvalue weighted by Gasteiger charge is -2.29. The van der Waals surface area contributed by atoms with Gasteiger partial charge in [0.15, 0.2) is 0 Å². The van der Waals surface area contributed by atoms with Crippen molar-refractivity contribution in [3.05, 3.63) is 81.7 Å². The monoisotopic (exact) mass is 723 g/mol. The number of carbonyl (C=O) groups excluding carboxylic acids is 3. The van der Waals surface area contributed by atoms with Gasteiger partial charge in [-0.3, -0.25) is 24.6 Å². The zero-order valence-corrected chi connectivity index (χ0v) is 30.5. The fourth-order valence-corrected chi connectivity index (χ4v) is 7.20. The number of aromatic amines is 3. The summed E-state index contributed by atoms with van der Waals surface area (Å²) >= 11 is 0. The third-order valence-electron chi connectivity index (χ3n) is 10.2. The van der Waals surface area contributed by atoms with E-state index in [1.807, 2.05) is 45.0 Å². The number of amides is 3. The Morgan fingerprint density at radius 1 is 0.962 bits per heavy atom. The van der Waals surface area contributed by atoms with Gasteiger partial charge in [-0.05, 0) is 119 Å². The molecule has 1 atom stereocenters. The van der Waals surface area contributed by atoms with Gasteiger partial charge in [-0.1, -0.05) is 24.3 Å². The molecule has 0 spiro atoms. The Morgan fingerprint density at radius 2 is 1.70 bits per heavy atom. The number of rotatable bonds is 10. The molecule has 2 aromatic heterocycles. The van der Waals surface area contributed by atoms with Gasteiger partial charge in [0.25, 0.3) is 5.56 Å². The first-order valence-corrected chi connectivity index (χ1v) is 18.4. The average Bonchev–Trinajstić information content (AvgIpc) is 3.77. The summed E-state index contributed by atoms with van der Waals surface area (Å²) in [5, 5.41) is 13.4. The van der Waals surface area contributed by atoms with E-state index in [0.29, 0.717) is 25.3 Å². The van der Waals surface area contributed by atoms with Crippen molar-refractivity contribution >= 4 is 45.5 Å². The summed E-state index contributed by atoms with van der Waals surface area (Å²) in [6, 6.07) is 13.7. The first-order chi connectivity index (χ1) is 25.3. The number of carbonyl (C=O) groups is 3. The third kappa shape index (κ3) is 8.45. The number of aromatic nitrogens is 4. The molecule has 278 valence electrons. The highest BCUT2D eigenvalue weighted by atomic mass is 19.1. The van der Waals surface area contributed by atoms with Crippen LogP contribution < -0.4 is 21.5 Å². The summed E-state index contributed by atoms with van der Waals surface area (Å²) in [6.45, 7) is 7.98. The van der Waals surface area contributed by atoms with E-state index in [4.69, 9.17) is 9.72 Å². The number of anilines is 1. The van der Waals surface area contributed by atoms with Crippen LogP contribution in [0, 0.1) is 24.6 Å². The molecule has 53 heavy (non-hydrogen) atoms. The van der Waals surface area contributed by atoms with E-state index in [1.165, 1.54) is 18.9 Å². The lowest BCUT2D eigenvalue weighted by atomic mass is 9.81. The SMILES string of the molecule is Cc1cc2[nH]c(C3CC3)nc2cc1-c1ccc(CC(NC(=O)C2CCC(CNC(=O)OC(C)(C)C)CC2)C(=O)Nc2cc(F)c3c(=O)[nH][nH]c3c2)cc1. The van der Waals surface area contributed by atoms with Crippen molar-refractivity contribution in [1.29, 1.82) is 0 Å². The van der Waals surface area contributed by atoms with Crippen LogP contribution in [0.2, 0.25) is 0 Å². The summed E-state index contributed by atoms with van der Waals surface area (Å²) < 4.78 is 20.2. The Hall–Kier alpha value is -5.46. The molecule has 12 nitrogen and oxygen atoms in total. The van der Waals surface area contributed by atoms with Gasteiger partial charge in [-0.2, -0.15) is 0 Å². The van der Waals surface area contributed by atoms with Gasteiger partial charge in [0.2, 0.25) is 11.8 Å². The number of aryl methyl sites for hydroxylation is 1. The molecule has 2 aliphatic rings. The molecule has 2 saturated carbocycles. The second kappa shape index (κ2) is 14.5. The molecule has 3 amide bonds. The molecule has 5 aromatic rings. The Balaban J connectivity index is 1.05. The maximum Gasteiger partial charge on any atom is 0.407 e. The first kappa shape index (κ1) is 35.9. The minimum absolute atomic E-state index is 0.130. The fraction of sp³-hybridized carbons (Fsp3) is 0.425. The number of benzene rings is 3. The van der Waals surface area contributed by atoms with E-state index >= 15 is 0 Å². The molecular weight excluding hydrogens is 677 g/mol. The molecule has 0 saturated heterocycles. The number of halogens is 1. The molecule has 0 aliphatic heterocycles. The number of imidazole rings is 1. The van der Waals surface area contributed by atoms with Crippen LogP contribution in [-0.4, -0.2) is 56.3 Å². The molecule has 3 aromatic carbocycles. The summed E-state index contributed by atoms with van der Waals surface area (Å²) in [4.78, 5) is 59.9. The maximum atomic E-state index is 14.8. The van der Waals surface area contributed by atoms with Crippen molar-refractivity contribution in [3.8, 4) is 11.1 Å². The Labute approximate surface area is 306 Å². The average molecular weight is 724 g/mol. The summed E-state index contributed by atoms with van der Waals surface area (Å²) in [5.74, 6) is -0.0344. The van der Waals surface area contributed by atoms with Crippen LogP contribution >= 0.6 is 0 Å². The van der Waals surface area contributed by atoms with Gasteiger partial charge in [-0.15, -0.1) is 0 Å². The van der Waals surface area contributed by atoms with Gasteiger partial charge in [-0.25, -0.2) is 14.2 Å². The number of ether oxygens (including phenoxy) is 1. The number of nitrogens with zero attached hydrogens (tertiary/aromatic N) is 1. The lowest BCUT2D eigenvalue weighted by Crippen LogP contribution is -2.48. The Morgan fingerprint density at radius 3 is 2.40 bits per heavy atom. The highest BCUT2D eigenvalue weighted by Crippen LogP contribution is 2.39. The van der Waals surface area contributed by atoms with Crippen molar-refractivity contribution in [2.24, 2.45) is 11.8 Å². The van der Waals surface area contributed by atoms with Crippen molar-refractivity contribution in [3.63, 3.8) is 0 Å². The summed E-state index contributed by atoms with van der Waals surface area (Å²) in [6.07, 6.45) is 4.78. The fourth-order valence-electron chi connectivity index (χ4n) is 7.20. The molecule has 6 N–H and O–H groups in total. The van der Waals surface area contributed by atoms with E-state index < -0.39 is 35.0 Å². The van der Waals surface area contributed by atoms with Crippen LogP contribution in [0.1, 0.15) is 82.2 Å². The number of fused-ring (bicyclic) bond motifs is 2. The number of hydrogen-bond acceptors (Lipinski definition) is 6. The van der Waals surface area contributed by atoms with Gasteiger partial charge in [0.05, 0.1) is 16.6 Å². The predicted molar refractivity (Wildman–Crippen MR) is 201 cm³/mol. The standard InChI is InChI=1S/C40H46FN7O5/c1-21-15-30-31(45-35(44-30)25-13-14-25)19-28(21)24-9-5-22(6-10-24)16-33(37(50)43-27-17-29(41)34-32(18-27)47-48-38(34)51)46-36(49)26-11-7-23(8-12-26)20-42-39(52)53-40(2,3)4/h5-6,9-10,15,17-19,23,25-26,33H,7-8,11-14,16,20H2,1-4H3,(H,42,52)(H,43,50)(H,44,45)(H,46,49)(H2,47,48,51). The van der Waals surface area contributed by atoms with Crippen LogP contribution in [0.3, 0.4) is 0 Å². The van der Waals surface area contributed by atoms with Crippen LogP contribution in [-0.2, 0) is 20.7 Å². The van der Waals surface area contributed by atoms with Crippen molar-refractivity contribution in [1.82, 2.24) is 30.8 Å². The Kier molecular flexibility index (Phi) is 9.84. The molecular formula is C40H46FN7O5. The molecule has 7 rings (SSSR count). The van der Waals surface area contributed by atoms with Gasteiger partial charge in [0.1, 0.15) is 28.7 Å². The minimum atomic E-state index is -0.966. The minimum Gasteiger partial charge on any atom is -0.444 e. The predicted octanol–water partition coefficient (Wildman–Crippen LogP) is 6.72. The molecule has 0 radical (unpaired) electrons. The smallest absolute Gasteiger partial charge is 0.407 e. The number of H-pyrrole nitrogens is 3. The quantitative estimate of drug-likeness (QED) is 0.0933. The molecule has 0 bridgehead atoms. The number of nitrogens with one attached hydrogen (secondary N) is 6. The van der Waals surface area contributed by atoms with Gasteiger partial charge in [0, 0.05) is 30.5 Å². The molecule has 2 fully saturated rings. The first-order valence-electron chi connectivity index (χ1n) is 18.4. The van der Waals surface area contributed by atoms with Crippen LogP contribution in [0.4, 0.5) is 14.9 Å². The largest absolute Gasteiger partial charge is 0.444 e. The second-order valence-corrected chi connectivity index (χ2v) is 15.6. The third-order valence-corrected chi connectivity index (χ3v) is 10.2. The van der Waals surface area contributed by atoms with Crippen molar-refractivity contribution in [2.45, 2.75) is 90.2 Å². The number of hydrogen-bond donors (Lipinski definition) is 6. The normalized spacial score (nSPS) is 18.1. The highest BCUT2D eigenvalue weighted by Gasteiger charge is 2.31. The van der Waals surface area contributed by atoms with E-state index in [9.17, 15) is 23.6 Å². The lowest BCUT2D eigenvalue weighted by molar-refractivity contribution is -0.130. The van der Waals surface area contributed by atoms with Gasteiger partial charge >= 0.3 is 6.09 Å². The van der Waals surface area contributed by atoms with Crippen LogP contribution in [0.5, 0.6) is 0 Å². The maximum absolute atomic E-state index is 14.8. The zero-order chi connectivity index (χ0) is 37.4. The summed E-state index contributed by atoms with van der Waals surface area (Å²) in [7, 11) is 0. The van der Waals surface area contributed by atoms with Crippen LogP contribution in [0.15, 0.2) is 53.3 Å². The van der Waals surface area contributed by atoms with Gasteiger partial charge < -0.3 is 25.7 Å². The number of alkyl carbamates (subject to hydrolysis) is 1. The topological polar surface area (TPSA) is 174 Å². The highest BCUT2D eigenvalue weighted by molar-refractivity contribution is 5.99. The zero-order valence-electron chi connectivity index (χ0n) is 30.5. The van der Waals surface area contributed by atoms with E-state index in [2.05, 4.69) is 50.2 Å². The molecule has 1 unspecified atom stereocenters. The molecule has 13 heteroatoms. The Bertz CT molecular complexity index is 2220. The van der Waals surface area contributed by atoms with E-state index in [-0.39, 0.29) is 40.8 Å². The van der Waals surface area contributed by atoms with E-state index in [0.717, 1.165) is 58.0 Å². The van der Waals surface area contributed by atoms with Crippen LogP contribution in [0.25, 0.3) is 33.1 Å².